The van der Waals surface area contributed by atoms with Crippen LogP contribution in [0.5, 0.6) is 0 Å². The van der Waals surface area contributed by atoms with Crippen molar-refractivity contribution in [3.63, 3.8) is 0 Å². The van der Waals surface area contributed by atoms with Gasteiger partial charge >= 0.3 is 0 Å². The molecule has 0 fully saturated rings. The van der Waals surface area contributed by atoms with Crippen molar-refractivity contribution in [2.45, 2.75) is 33.7 Å². The Labute approximate surface area is 149 Å². The van der Waals surface area contributed by atoms with E-state index in [1.807, 2.05) is 50.0 Å². The summed E-state index contributed by atoms with van der Waals surface area (Å²) in [6, 6.07) is 0. The Bertz CT molecular complexity index is 524. The van der Waals surface area contributed by atoms with E-state index in [4.69, 9.17) is 0 Å². The van der Waals surface area contributed by atoms with Gasteiger partial charge in [0.15, 0.2) is 11.1 Å². The molecule has 0 aliphatic heterocycles. The van der Waals surface area contributed by atoms with E-state index in [9.17, 15) is 4.79 Å². The molecular weight excluding hydrogens is 324 g/mol. The van der Waals surface area contributed by atoms with Crippen molar-refractivity contribution in [3.05, 3.63) is 11.1 Å². The molecule has 7 nitrogen and oxygen atoms in total. The average molecular weight is 355 g/mol. The molecule has 0 aliphatic rings. The molecule has 0 bridgehead atoms. The van der Waals surface area contributed by atoms with Crippen LogP contribution in [0.3, 0.4) is 0 Å². The molecule has 8 heteroatoms. The zero-order valence-corrected chi connectivity index (χ0v) is 16.2. The Balaban J connectivity index is 2.51. The number of carbonyl (C=O) groups is 1. The Kier molecular flexibility index (Phi) is 9.14. The van der Waals surface area contributed by atoms with Crippen LogP contribution in [0.1, 0.15) is 32.9 Å². The van der Waals surface area contributed by atoms with E-state index in [1.54, 1.807) is 11.3 Å². The Morgan fingerprint density at radius 3 is 2.50 bits per heavy atom. The highest BCUT2D eigenvalue weighted by Crippen LogP contribution is 2.18. The number of aliphatic imine (C=N–C) groups is 1. The number of nitrogens with zero attached hydrogens (tertiary/aromatic N) is 4. The summed E-state index contributed by atoms with van der Waals surface area (Å²) >= 11 is 1.61. The fourth-order valence-electron chi connectivity index (χ4n) is 2.10. The van der Waals surface area contributed by atoms with Gasteiger partial charge in [-0.3, -0.25) is 4.79 Å². The van der Waals surface area contributed by atoms with Gasteiger partial charge in [-0.2, -0.15) is 0 Å². The molecule has 0 aliphatic carbocycles. The van der Waals surface area contributed by atoms with Crippen molar-refractivity contribution in [3.8, 4) is 0 Å². The summed E-state index contributed by atoms with van der Waals surface area (Å²) < 4.78 is 0. The van der Waals surface area contributed by atoms with Gasteiger partial charge in [-0.15, -0.1) is 11.3 Å². The minimum absolute atomic E-state index is 0.165. The maximum atomic E-state index is 12.0. The molecule has 136 valence electrons. The van der Waals surface area contributed by atoms with Crippen LogP contribution in [0.4, 0.5) is 5.13 Å². The lowest BCUT2D eigenvalue weighted by atomic mass is 10.3. The van der Waals surface area contributed by atoms with Gasteiger partial charge in [-0.05, 0) is 20.8 Å². The normalized spacial score (nSPS) is 11.3. The summed E-state index contributed by atoms with van der Waals surface area (Å²) in [6.07, 6.45) is 0.466. The van der Waals surface area contributed by atoms with Crippen LogP contribution in [0.15, 0.2) is 10.4 Å². The molecule has 0 atom stereocenters. The third-order valence-electron chi connectivity index (χ3n) is 3.41. The lowest BCUT2D eigenvalue weighted by Crippen LogP contribution is -2.40. The van der Waals surface area contributed by atoms with Gasteiger partial charge in [-0.1, -0.05) is 0 Å². The maximum absolute atomic E-state index is 12.0. The van der Waals surface area contributed by atoms with Gasteiger partial charge in [0.05, 0.1) is 12.2 Å². The zero-order chi connectivity index (χ0) is 17.9. The molecule has 24 heavy (non-hydrogen) atoms. The first-order chi connectivity index (χ1) is 11.5. The summed E-state index contributed by atoms with van der Waals surface area (Å²) in [6.45, 7) is 9.38. The van der Waals surface area contributed by atoms with Gasteiger partial charge in [0, 0.05) is 52.1 Å². The largest absolute Gasteiger partial charge is 0.357 e. The second-order valence-corrected chi connectivity index (χ2v) is 6.29. The van der Waals surface area contributed by atoms with E-state index in [2.05, 4.69) is 20.6 Å². The molecule has 0 saturated heterocycles. The van der Waals surface area contributed by atoms with E-state index in [1.165, 1.54) is 0 Å². The third kappa shape index (κ3) is 6.74. The first kappa shape index (κ1) is 20.2. The first-order valence-electron chi connectivity index (χ1n) is 8.43. The first-order valence-corrected chi connectivity index (χ1v) is 9.31. The van der Waals surface area contributed by atoms with E-state index >= 15 is 0 Å². The maximum Gasteiger partial charge on any atom is 0.224 e. The van der Waals surface area contributed by atoms with E-state index in [-0.39, 0.29) is 5.91 Å². The molecule has 1 heterocycles. The van der Waals surface area contributed by atoms with Gasteiger partial charge in [-0.25, -0.2) is 9.98 Å². The van der Waals surface area contributed by atoms with Crippen LogP contribution in [-0.4, -0.2) is 62.0 Å². The third-order valence-corrected chi connectivity index (χ3v) is 4.47. The van der Waals surface area contributed by atoms with Crippen LogP contribution in [-0.2, 0) is 11.3 Å². The number of anilines is 1. The van der Waals surface area contributed by atoms with E-state index in [0.717, 1.165) is 30.5 Å². The summed E-state index contributed by atoms with van der Waals surface area (Å²) in [5.74, 6) is 0.878. The highest BCUT2D eigenvalue weighted by molar-refractivity contribution is 7.13. The number of rotatable bonds is 9. The molecule has 1 aromatic heterocycles. The standard InChI is InChI=1S/C16H30N6OS/c1-6-17-15(18-10-9-14(23)22(7-2)8-3)19-11-13-12-24-16(20-13)21(4)5/h12H,6-11H2,1-5H3,(H2,17,18,19). The SMILES string of the molecule is CCNC(=NCc1csc(N(C)C)n1)NCCC(=O)N(CC)CC. The van der Waals surface area contributed by atoms with Crippen molar-refractivity contribution in [1.82, 2.24) is 20.5 Å². The number of nitrogens with one attached hydrogen (secondary N) is 2. The van der Waals surface area contributed by atoms with Gasteiger partial charge < -0.3 is 20.4 Å². The molecule has 0 radical (unpaired) electrons. The van der Waals surface area contributed by atoms with Crippen molar-refractivity contribution >= 4 is 28.3 Å². The molecule has 1 rings (SSSR count). The number of hydrogen-bond donors (Lipinski definition) is 2. The van der Waals surface area contributed by atoms with Crippen LogP contribution in [0.2, 0.25) is 0 Å². The van der Waals surface area contributed by atoms with Crippen molar-refractivity contribution in [1.29, 1.82) is 0 Å². The lowest BCUT2D eigenvalue weighted by Gasteiger charge is -2.19. The molecule has 2 N–H and O–H groups in total. The van der Waals surface area contributed by atoms with Gasteiger partial charge in [0.25, 0.3) is 0 Å². The molecule has 0 unspecified atom stereocenters. The fourth-order valence-corrected chi connectivity index (χ4v) is 2.85. The van der Waals surface area contributed by atoms with Crippen LogP contribution in [0, 0.1) is 0 Å². The Morgan fingerprint density at radius 2 is 1.96 bits per heavy atom. The number of carbonyl (C=O) groups excluding carboxylic acids is 1. The van der Waals surface area contributed by atoms with Crippen molar-refractivity contribution < 1.29 is 4.79 Å². The summed E-state index contributed by atoms with van der Waals surface area (Å²) in [5, 5.41) is 9.40. The summed E-state index contributed by atoms with van der Waals surface area (Å²) in [7, 11) is 3.95. The monoisotopic (exact) mass is 354 g/mol. The van der Waals surface area contributed by atoms with Gasteiger partial charge in [0.1, 0.15) is 0 Å². The molecule has 0 aromatic carbocycles. The Morgan fingerprint density at radius 1 is 1.25 bits per heavy atom. The van der Waals surface area contributed by atoms with E-state index < -0.39 is 0 Å². The number of aromatic nitrogens is 1. The van der Waals surface area contributed by atoms with Crippen LogP contribution < -0.4 is 15.5 Å². The highest BCUT2D eigenvalue weighted by Gasteiger charge is 2.09. The topological polar surface area (TPSA) is 72.9 Å². The minimum Gasteiger partial charge on any atom is -0.357 e. The molecule has 1 aromatic rings. The van der Waals surface area contributed by atoms with Crippen molar-refractivity contribution in [2.75, 3.05) is 45.2 Å². The highest BCUT2D eigenvalue weighted by atomic mass is 32.1. The average Bonchev–Trinajstić information content (AvgIpc) is 3.03. The number of thiazole rings is 1. The van der Waals surface area contributed by atoms with Crippen LogP contribution >= 0.6 is 11.3 Å². The molecule has 0 spiro atoms. The molecular formula is C16H30N6OS. The Hall–Kier alpha value is -1.83. The molecule has 0 saturated carbocycles. The smallest absolute Gasteiger partial charge is 0.224 e. The second-order valence-electron chi connectivity index (χ2n) is 5.45. The quantitative estimate of drug-likeness (QED) is 0.520. The minimum atomic E-state index is 0.165. The fraction of sp³-hybridized carbons (Fsp3) is 0.688. The summed E-state index contributed by atoms with van der Waals surface area (Å²) in [5.41, 5.74) is 0.945. The van der Waals surface area contributed by atoms with Crippen LogP contribution in [0.25, 0.3) is 0 Å². The predicted molar refractivity (Wildman–Crippen MR) is 102 cm³/mol. The number of guanidine groups is 1. The summed E-state index contributed by atoms with van der Waals surface area (Å²) in [4.78, 5) is 24.9. The predicted octanol–water partition coefficient (Wildman–Crippen LogP) is 1.52. The van der Waals surface area contributed by atoms with Crippen molar-refractivity contribution in [2.24, 2.45) is 4.99 Å². The van der Waals surface area contributed by atoms with E-state index in [0.29, 0.717) is 25.5 Å². The second kappa shape index (κ2) is 10.9. The zero-order valence-electron chi connectivity index (χ0n) is 15.4. The number of amides is 1. The molecule has 1 amide bonds. The lowest BCUT2D eigenvalue weighted by molar-refractivity contribution is -0.130. The van der Waals surface area contributed by atoms with Gasteiger partial charge in [0.2, 0.25) is 5.91 Å². The number of hydrogen-bond acceptors (Lipinski definition) is 5.